The van der Waals surface area contributed by atoms with Crippen LogP contribution in [0.15, 0.2) is 15.9 Å². The Morgan fingerprint density at radius 1 is 1.63 bits per heavy atom. The minimum atomic E-state index is -0.653. The first-order chi connectivity index (χ1) is 9.01. The summed E-state index contributed by atoms with van der Waals surface area (Å²) in [6, 6.07) is 0. The van der Waals surface area contributed by atoms with E-state index >= 15 is 0 Å². The van der Waals surface area contributed by atoms with Crippen molar-refractivity contribution in [1.82, 2.24) is 10.3 Å². The van der Waals surface area contributed by atoms with E-state index in [0.717, 1.165) is 24.4 Å². The Hall–Kier alpha value is -1.01. The Morgan fingerprint density at radius 2 is 2.37 bits per heavy atom. The number of hydrogen-bond donors (Lipinski definition) is 1. The fraction of sp³-hybridized carbons (Fsp3) is 0.692. The smallest absolute Gasteiger partial charge is 0.325 e. The van der Waals surface area contributed by atoms with Gasteiger partial charge in [0.25, 0.3) is 5.22 Å². The maximum atomic E-state index is 11.9. The van der Waals surface area contributed by atoms with E-state index in [1.165, 1.54) is 18.9 Å². The lowest BCUT2D eigenvalue weighted by Crippen LogP contribution is -2.50. The minimum absolute atomic E-state index is 0.231. The van der Waals surface area contributed by atoms with E-state index in [9.17, 15) is 4.79 Å². The zero-order valence-corrected chi connectivity index (χ0v) is 12.8. The zero-order valence-electron chi connectivity index (χ0n) is 12.0. The molecule has 0 saturated carbocycles. The van der Waals surface area contributed by atoms with E-state index in [1.807, 2.05) is 13.8 Å². The van der Waals surface area contributed by atoms with Crippen molar-refractivity contribution in [2.75, 3.05) is 19.4 Å². The van der Waals surface area contributed by atoms with Gasteiger partial charge in [-0.25, -0.2) is 4.98 Å². The summed E-state index contributed by atoms with van der Waals surface area (Å²) < 4.78 is 10.1. The van der Waals surface area contributed by atoms with Gasteiger partial charge in [0.15, 0.2) is 0 Å². The summed E-state index contributed by atoms with van der Waals surface area (Å²) in [6.07, 6.45) is 3.25. The first-order valence-corrected chi connectivity index (χ1v) is 7.38. The number of carbonyl (C=O) groups is 1. The second-order valence-corrected chi connectivity index (χ2v) is 5.65. The van der Waals surface area contributed by atoms with E-state index in [4.69, 9.17) is 9.15 Å². The Kier molecular flexibility index (Phi) is 6.37. The van der Waals surface area contributed by atoms with Crippen LogP contribution in [0.25, 0.3) is 0 Å². The van der Waals surface area contributed by atoms with Crippen LogP contribution in [0.3, 0.4) is 0 Å². The SMILES string of the molecule is CCCNC(C)(CCSc1nc(C)co1)C(=O)OC. The van der Waals surface area contributed by atoms with E-state index in [1.54, 1.807) is 6.26 Å². The van der Waals surface area contributed by atoms with Gasteiger partial charge in [-0.1, -0.05) is 18.7 Å². The van der Waals surface area contributed by atoms with Crippen molar-refractivity contribution in [1.29, 1.82) is 0 Å². The number of esters is 1. The molecule has 0 aromatic carbocycles. The predicted molar refractivity (Wildman–Crippen MR) is 75.3 cm³/mol. The number of hydrogen-bond acceptors (Lipinski definition) is 6. The van der Waals surface area contributed by atoms with Gasteiger partial charge in [-0.3, -0.25) is 4.79 Å². The van der Waals surface area contributed by atoms with E-state index < -0.39 is 5.54 Å². The zero-order chi connectivity index (χ0) is 14.3. The Balaban J connectivity index is 2.50. The molecule has 0 aliphatic carbocycles. The quantitative estimate of drug-likeness (QED) is 0.585. The molecule has 0 aliphatic rings. The Morgan fingerprint density at radius 3 is 2.89 bits per heavy atom. The van der Waals surface area contributed by atoms with E-state index in [2.05, 4.69) is 17.2 Å². The lowest BCUT2D eigenvalue weighted by molar-refractivity contribution is -0.148. The van der Waals surface area contributed by atoms with Crippen molar-refractivity contribution >= 4 is 17.7 Å². The van der Waals surface area contributed by atoms with Crippen LogP contribution in [-0.4, -0.2) is 35.9 Å². The lowest BCUT2D eigenvalue weighted by Gasteiger charge is -2.27. The molecule has 1 N–H and O–H groups in total. The topological polar surface area (TPSA) is 64.4 Å². The third-order valence-electron chi connectivity index (χ3n) is 2.83. The second kappa shape index (κ2) is 7.55. The number of aromatic nitrogens is 1. The number of methoxy groups -OCH3 is 1. The molecule has 1 aromatic rings. The van der Waals surface area contributed by atoms with Crippen molar-refractivity contribution in [2.45, 2.75) is 44.4 Å². The van der Waals surface area contributed by atoms with Crippen LogP contribution in [0, 0.1) is 6.92 Å². The summed E-state index contributed by atoms with van der Waals surface area (Å²) in [6.45, 7) is 6.61. The highest BCUT2D eigenvalue weighted by Gasteiger charge is 2.33. The largest absolute Gasteiger partial charge is 0.468 e. The van der Waals surface area contributed by atoms with Crippen LogP contribution in [0.5, 0.6) is 0 Å². The van der Waals surface area contributed by atoms with Crippen LogP contribution in [0.1, 0.15) is 32.4 Å². The van der Waals surface area contributed by atoms with Crippen molar-refractivity contribution in [3.8, 4) is 0 Å². The number of oxazole rings is 1. The van der Waals surface area contributed by atoms with Crippen LogP contribution < -0.4 is 5.32 Å². The van der Waals surface area contributed by atoms with E-state index in [0.29, 0.717) is 11.6 Å². The van der Waals surface area contributed by atoms with Gasteiger partial charge in [0, 0.05) is 5.75 Å². The molecule has 1 rings (SSSR count). The fourth-order valence-corrected chi connectivity index (χ4v) is 2.64. The molecule has 19 heavy (non-hydrogen) atoms. The summed E-state index contributed by atoms with van der Waals surface area (Å²) in [5.74, 6) is 0.507. The van der Waals surface area contributed by atoms with Crippen molar-refractivity contribution < 1.29 is 13.9 Å². The molecule has 0 spiro atoms. The molecule has 6 heteroatoms. The third kappa shape index (κ3) is 4.87. The normalized spacial score (nSPS) is 14.1. The summed E-state index contributed by atoms with van der Waals surface area (Å²) in [7, 11) is 1.42. The second-order valence-electron chi connectivity index (χ2n) is 4.60. The standard InChI is InChI=1S/C13H22N2O3S/c1-5-7-14-13(3,11(16)17-4)6-8-19-12-15-10(2)9-18-12/h9,14H,5-8H2,1-4H3. The molecule has 0 fully saturated rings. The van der Waals surface area contributed by atoms with Crippen molar-refractivity contribution in [3.05, 3.63) is 12.0 Å². The number of nitrogens with zero attached hydrogens (tertiary/aromatic N) is 1. The van der Waals surface area contributed by atoms with Gasteiger partial charge in [-0.15, -0.1) is 0 Å². The third-order valence-corrected chi connectivity index (χ3v) is 3.67. The van der Waals surface area contributed by atoms with Gasteiger partial charge in [0.1, 0.15) is 11.8 Å². The Bertz CT molecular complexity index is 408. The van der Waals surface area contributed by atoms with Gasteiger partial charge in [0.2, 0.25) is 0 Å². The molecule has 0 aliphatic heterocycles. The average molecular weight is 286 g/mol. The molecule has 108 valence electrons. The number of nitrogens with one attached hydrogen (secondary N) is 1. The van der Waals surface area contributed by atoms with Gasteiger partial charge in [-0.2, -0.15) is 0 Å². The highest BCUT2D eigenvalue weighted by molar-refractivity contribution is 7.99. The van der Waals surface area contributed by atoms with Crippen molar-refractivity contribution in [2.24, 2.45) is 0 Å². The summed E-state index contributed by atoms with van der Waals surface area (Å²) in [5, 5.41) is 3.89. The van der Waals surface area contributed by atoms with Crippen molar-refractivity contribution in [3.63, 3.8) is 0 Å². The molecule has 5 nitrogen and oxygen atoms in total. The van der Waals surface area contributed by atoms with Gasteiger partial charge in [0.05, 0.1) is 12.8 Å². The molecule has 1 heterocycles. The highest BCUT2D eigenvalue weighted by Crippen LogP contribution is 2.22. The first kappa shape index (κ1) is 16.0. The predicted octanol–water partition coefficient (Wildman–Crippen LogP) is 2.40. The van der Waals surface area contributed by atoms with Crippen LogP contribution in [0.4, 0.5) is 0 Å². The maximum Gasteiger partial charge on any atom is 0.325 e. The highest BCUT2D eigenvalue weighted by atomic mass is 32.2. The fourth-order valence-electron chi connectivity index (χ4n) is 1.63. The van der Waals surface area contributed by atoms with Gasteiger partial charge < -0.3 is 14.5 Å². The Labute approximate surface area is 118 Å². The molecule has 0 radical (unpaired) electrons. The molecular formula is C13H22N2O3S. The number of rotatable bonds is 8. The molecule has 0 bridgehead atoms. The monoisotopic (exact) mass is 286 g/mol. The summed E-state index contributed by atoms with van der Waals surface area (Å²) >= 11 is 1.50. The first-order valence-electron chi connectivity index (χ1n) is 6.40. The summed E-state index contributed by atoms with van der Waals surface area (Å²) in [4.78, 5) is 16.1. The van der Waals surface area contributed by atoms with E-state index in [-0.39, 0.29) is 5.97 Å². The molecule has 1 unspecified atom stereocenters. The lowest BCUT2D eigenvalue weighted by atomic mass is 9.99. The van der Waals surface area contributed by atoms with Crippen LogP contribution in [0.2, 0.25) is 0 Å². The summed E-state index contributed by atoms with van der Waals surface area (Å²) in [5.41, 5.74) is 0.210. The number of carbonyl (C=O) groups excluding carboxylic acids is 1. The van der Waals surface area contributed by atoms with Crippen LogP contribution in [-0.2, 0) is 9.53 Å². The molecule has 0 saturated heterocycles. The van der Waals surface area contributed by atoms with Gasteiger partial charge >= 0.3 is 5.97 Å². The molecule has 1 atom stereocenters. The number of ether oxygens (including phenoxy) is 1. The minimum Gasteiger partial charge on any atom is -0.468 e. The maximum absolute atomic E-state index is 11.9. The average Bonchev–Trinajstić information content (AvgIpc) is 2.81. The molecule has 0 amide bonds. The number of thioether (sulfide) groups is 1. The number of aryl methyl sites for hydroxylation is 1. The van der Waals surface area contributed by atoms with Gasteiger partial charge in [-0.05, 0) is 33.2 Å². The molecule has 1 aromatic heterocycles. The molecular weight excluding hydrogens is 264 g/mol. The van der Waals surface area contributed by atoms with Crippen LogP contribution >= 0.6 is 11.8 Å².